The molecule has 8 nitrogen and oxygen atoms in total. The average molecular weight is 285 g/mol. The summed E-state index contributed by atoms with van der Waals surface area (Å²) in [7, 11) is -0.266. The first-order chi connectivity index (χ1) is 9.36. The van der Waals surface area contributed by atoms with Crippen LogP contribution in [-0.2, 0) is 14.3 Å². The summed E-state index contributed by atoms with van der Waals surface area (Å²) in [4.78, 5) is 20.2. The van der Waals surface area contributed by atoms with Gasteiger partial charge in [-0.15, -0.1) is 0 Å². The molecule has 0 atom stereocenters. The van der Waals surface area contributed by atoms with Crippen LogP contribution in [0.15, 0.2) is 24.3 Å². The van der Waals surface area contributed by atoms with Crippen LogP contribution in [0.1, 0.15) is 0 Å². The number of hydrogen-bond acceptors (Lipinski definition) is 7. The minimum atomic E-state index is -1.51. The van der Waals surface area contributed by atoms with Crippen LogP contribution in [-0.4, -0.2) is 59.5 Å². The lowest BCUT2D eigenvalue weighted by atomic mass is 9.80. The molecule has 1 aromatic rings. The molecule has 0 amide bonds. The number of aromatic hydroxyl groups is 1. The smallest absolute Gasteiger partial charge is 0.488 e. The maximum Gasteiger partial charge on any atom is 0.488 e. The number of phenolic OH excluding ortho intramolecular Hbond substituents is 1. The lowest BCUT2D eigenvalue weighted by Crippen LogP contribution is -2.29. The van der Waals surface area contributed by atoms with Gasteiger partial charge < -0.3 is 25.0 Å². The molecule has 0 saturated carbocycles. The van der Waals surface area contributed by atoms with Crippen molar-refractivity contribution in [3.8, 4) is 5.75 Å². The van der Waals surface area contributed by atoms with E-state index in [1.54, 1.807) is 6.07 Å². The van der Waals surface area contributed by atoms with E-state index >= 15 is 0 Å². The van der Waals surface area contributed by atoms with Gasteiger partial charge in [-0.2, -0.15) is 0 Å². The maximum absolute atomic E-state index is 10.3. The van der Waals surface area contributed by atoms with E-state index in [9.17, 15) is 9.59 Å². The Morgan fingerprint density at radius 1 is 1.30 bits per heavy atom. The molecule has 0 aliphatic heterocycles. The summed E-state index contributed by atoms with van der Waals surface area (Å²) in [5, 5.41) is 36.5. The second-order valence-electron chi connectivity index (χ2n) is 3.54. The second kappa shape index (κ2) is 9.79. The predicted molar refractivity (Wildman–Crippen MR) is 70.5 cm³/mol. The molecular weight excluding hydrogens is 269 g/mol. The largest absolute Gasteiger partial charge is 0.508 e. The number of hydrogen-bond donors (Lipinski definition) is 5. The number of phenols is 1. The molecule has 5 N–H and O–H groups in total. The molecule has 0 bridgehead atoms. The SMILES string of the molecule is COC(=O)CNCC(=O)O.OB(O)c1cccc(O)c1. The highest BCUT2D eigenvalue weighted by Crippen LogP contribution is 2.02. The van der Waals surface area contributed by atoms with Crippen molar-refractivity contribution in [3.05, 3.63) is 24.3 Å². The van der Waals surface area contributed by atoms with Crippen LogP contribution in [0, 0.1) is 0 Å². The van der Waals surface area contributed by atoms with Gasteiger partial charge in [0, 0.05) is 0 Å². The lowest BCUT2D eigenvalue weighted by molar-refractivity contribution is -0.140. The molecule has 20 heavy (non-hydrogen) atoms. The summed E-state index contributed by atoms with van der Waals surface area (Å²) < 4.78 is 4.24. The number of esters is 1. The summed E-state index contributed by atoms with van der Waals surface area (Å²) in [6.07, 6.45) is 0. The lowest BCUT2D eigenvalue weighted by Gasteiger charge is -1.97. The number of aliphatic carboxylic acids is 1. The van der Waals surface area contributed by atoms with Gasteiger partial charge in [0.1, 0.15) is 5.75 Å². The number of ether oxygens (including phenoxy) is 1. The van der Waals surface area contributed by atoms with Crippen molar-refractivity contribution in [1.29, 1.82) is 0 Å². The molecule has 0 aromatic heterocycles. The van der Waals surface area contributed by atoms with Crippen LogP contribution in [0.2, 0.25) is 0 Å². The quantitative estimate of drug-likeness (QED) is 0.307. The van der Waals surface area contributed by atoms with E-state index in [0.717, 1.165) is 0 Å². The number of carboxylic acids is 1. The van der Waals surface area contributed by atoms with Crippen molar-refractivity contribution >= 4 is 24.5 Å². The molecule has 0 radical (unpaired) electrons. The van der Waals surface area contributed by atoms with E-state index in [1.165, 1.54) is 25.3 Å². The molecule has 0 saturated heterocycles. The number of carbonyl (C=O) groups is 2. The molecule has 0 aliphatic carbocycles. The first kappa shape index (κ1) is 17.9. The molecule has 0 fully saturated rings. The normalized spacial score (nSPS) is 9.15. The van der Waals surface area contributed by atoms with Crippen LogP contribution in [0.3, 0.4) is 0 Å². The van der Waals surface area contributed by atoms with Gasteiger partial charge in [0.25, 0.3) is 0 Å². The Morgan fingerprint density at radius 3 is 2.35 bits per heavy atom. The molecule has 0 heterocycles. The van der Waals surface area contributed by atoms with Gasteiger partial charge in [0.15, 0.2) is 0 Å². The molecule has 9 heteroatoms. The van der Waals surface area contributed by atoms with Crippen molar-refractivity contribution in [2.75, 3.05) is 20.2 Å². The number of carbonyl (C=O) groups excluding carboxylic acids is 1. The van der Waals surface area contributed by atoms with Crippen molar-refractivity contribution in [2.24, 2.45) is 0 Å². The second-order valence-corrected chi connectivity index (χ2v) is 3.54. The summed E-state index contributed by atoms with van der Waals surface area (Å²) >= 11 is 0. The van der Waals surface area contributed by atoms with Crippen molar-refractivity contribution < 1.29 is 34.6 Å². The maximum atomic E-state index is 10.3. The van der Waals surface area contributed by atoms with E-state index in [1.807, 2.05) is 0 Å². The van der Waals surface area contributed by atoms with Crippen LogP contribution in [0.4, 0.5) is 0 Å². The molecule has 0 unspecified atom stereocenters. The van der Waals surface area contributed by atoms with Crippen LogP contribution < -0.4 is 10.8 Å². The van der Waals surface area contributed by atoms with Gasteiger partial charge in [0.2, 0.25) is 0 Å². The third kappa shape index (κ3) is 8.92. The van der Waals surface area contributed by atoms with Crippen LogP contribution in [0.5, 0.6) is 5.75 Å². The minimum absolute atomic E-state index is 0.0330. The number of rotatable bonds is 5. The fourth-order valence-electron chi connectivity index (χ4n) is 1.03. The van der Waals surface area contributed by atoms with Gasteiger partial charge in [0.05, 0.1) is 20.2 Å². The topological polar surface area (TPSA) is 136 Å². The van der Waals surface area contributed by atoms with Crippen LogP contribution >= 0.6 is 0 Å². The fourth-order valence-corrected chi connectivity index (χ4v) is 1.03. The predicted octanol–water partition coefficient (Wildman–Crippen LogP) is -2.09. The Morgan fingerprint density at radius 2 is 1.95 bits per heavy atom. The highest BCUT2D eigenvalue weighted by Gasteiger charge is 2.09. The third-order valence-corrected chi connectivity index (χ3v) is 1.94. The molecule has 0 spiro atoms. The number of benzene rings is 1. The highest BCUT2D eigenvalue weighted by molar-refractivity contribution is 6.58. The summed E-state index contributed by atoms with van der Waals surface area (Å²) in [5.41, 5.74) is 0.292. The Balaban J connectivity index is 0.000000361. The molecular formula is C11H16BNO7. The van der Waals surface area contributed by atoms with E-state index in [4.69, 9.17) is 20.3 Å². The van der Waals surface area contributed by atoms with Gasteiger partial charge in [-0.05, 0) is 17.6 Å². The highest BCUT2D eigenvalue weighted by atomic mass is 16.5. The molecule has 1 aromatic carbocycles. The zero-order valence-electron chi connectivity index (χ0n) is 10.8. The van der Waals surface area contributed by atoms with Crippen LogP contribution in [0.25, 0.3) is 0 Å². The molecule has 110 valence electrons. The fraction of sp³-hybridized carbons (Fsp3) is 0.273. The van der Waals surface area contributed by atoms with Gasteiger partial charge in [-0.1, -0.05) is 12.1 Å². The summed E-state index contributed by atoms with van der Waals surface area (Å²) in [6, 6.07) is 5.82. The van der Waals surface area contributed by atoms with Gasteiger partial charge in [-0.3, -0.25) is 14.9 Å². The number of carboxylic acid groups (broad SMARTS) is 1. The van der Waals surface area contributed by atoms with Gasteiger partial charge >= 0.3 is 19.1 Å². The molecule has 1 rings (SSSR count). The standard InChI is InChI=1S/C6H7BO3.C5H9NO4/c8-6-3-1-2-5(4-6)7(9)10;1-10-5(9)3-6-2-4(7)8/h1-4,8-10H;6H,2-3H2,1H3,(H,7,8). The zero-order chi connectivity index (χ0) is 15.5. The van der Waals surface area contributed by atoms with E-state index in [0.29, 0.717) is 5.46 Å². The average Bonchev–Trinajstić information content (AvgIpc) is 2.38. The minimum Gasteiger partial charge on any atom is -0.508 e. The first-order valence-electron chi connectivity index (χ1n) is 5.51. The number of nitrogens with one attached hydrogen (secondary N) is 1. The summed E-state index contributed by atoms with van der Waals surface area (Å²) in [5.74, 6) is -1.43. The zero-order valence-corrected chi connectivity index (χ0v) is 10.8. The first-order valence-corrected chi connectivity index (χ1v) is 5.51. The summed E-state index contributed by atoms with van der Waals surface area (Å²) in [6.45, 7) is -0.294. The van der Waals surface area contributed by atoms with Crippen molar-refractivity contribution in [2.45, 2.75) is 0 Å². The Kier molecular flexibility index (Phi) is 8.76. The Bertz CT molecular complexity index is 439. The van der Waals surface area contributed by atoms with Crippen molar-refractivity contribution in [3.63, 3.8) is 0 Å². The monoisotopic (exact) mass is 285 g/mol. The third-order valence-electron chi connectivity index (χ3n) is 1.94. The Hall–Kier alpha value is -2.10. The van der Waals surface area contributed by atoms with E-state index < -0.39 is 19.1 Å². The van der Waals surface area contributed by atoms with E-state index in [2.05, 4.69) is 10.1 Å². The van der Waals surface area contributed by atoms with Crippen molar-refractivity contribution in [1.82, 2.24) is 5.32 Å². The van der Waals surface area contributed by atoms with Gasteiger partial charge in [-0.25, -0.2) is 0 Å². The van der Waals surface area contributed by atoms with E-state index in [-0.39, 0.29) is 18.8 Å². The Labute approximate surface area is 115 Å². The number of methoxy groups -OCH3 is 1. The molecule has 0 aliphatic rings.